The van der Waals surface area contributed by atoms with Crippen molar-refractivity contribution in [3.05, 3.63) is 41.5 Å². The molecule has 0 saturated carbocycles. The van der Waals surface area contributed by atoms with Gasteiger partial charge < -0.3 is 10.5 Å². The number of halogens is 1. The first-order chi connectivity index (χ1) is 8.52. The molecule has 0 fully saturated rings. The second kappa shape index (κ2) is 4.78. The molecule has 18 heavy (non-hydrogen) atoms. The van der Waals surface area contributed by atoms with Gasteiger partial charge in [0.1, 0.15) is 5.82 Å². The smallest absolute Gasteiger partial charge is 0.157 e. The lowest BCUT2D eigenvalue weighted by Crippen LogP contribution is -2.11. The van der Waals surface area contributed by atoms with E-state index in [2.05, 4.69) is 5.10 Å². The zero-order valence-electron chi connectivity index (χ0n) is 10.6. The number of hydrogen-bond donors (Lipinski definition) is 1. The zero-order chi connectivity index (χ0) is 13.3. The van der Waals surface area contributed by atoms with E-state index in [1.807, 2.05) is 6.92 Å². The minimum absolute atomic E-state index is 0.259. The van der Waals surface area contributed by atoms with Crippen LogP contribution in [0.5, 0.6) is 5.75 Å². The van der Waals surface area contributed by atoms with Crippen LogP contribution in [-0.4, -0.2) is 16.9 Å². The number of benzene rings is 1. The summed E-state index contributed by atoms with van der Waals surface area (Å²) in [6.07, 6.45) is 3.34. The molecule has 0 bridgehead atoms. The van der Waals surface area contributed by atoms with E-state index in [1.54, 1.807) is 37.2 Å². The van der Waals surface area contributed by atoms with Crippen LogP contribution >= 0.6 is 0 Å². The molecule has 96 valence electrons. The molecule has 0 unspecified atom stereocenters. The SMILES string of the molecule is COc1cnn(-c2cc(C)c(F)cc2[C@@H](C)N)c1. The van der Waals surface area contributed by atoms with Crippen LogP contribution in [0.3, 0.4) is 0 Å². The third-order valence-electron chi connectivity index (χ3n) is 2.84. The molecule has 2 N–H and O–H groups in total. The highest BCUT2D eigenvalue weighted by molar-refractivity contribution is 5.46. The molecule has 5 heteroatoms. The summed E-state index contributed by atoms with van der Waals surface area (Å²) in [6.45, 7) is 3.53. The van der Waals surface area contributed by atoms with Gasteiger partial charge in [-0.15, -0.1) is 0 Å². The number of ether oxygens (including phenoxy) is 1. The Bertz CT molecular complexity index is 563. The maximum Gasteiger partial charge on any atom is 0.157 e. The monoisotopic (exact) mass is 249 g/mol. The van der Waals surface area contributed by atoms with E-state index in [9.17, 15) is 4.39 Å². The van der Waals surface area contributed by atoms with Crippen molar-refractivity contribution in [1.82, 2.24) is 9.78 Å². The van der Waals surface area contributed by atoms with Gasteiger partial charge in [-0.1, -0.05) is 0 Å². The predicted molar refractivity (Wildman–Crippen MR) is 67.4 cm³/mol. The van der Waals surface area contributed by atoms with Crippen molar-refractivity contribution in [2.45, 2.75) is 19.9 Å². The highest BCUT2D eigenvalue weighted by atomic mass is 19.1. The van der Waals surface area contributed by atoms with Gasteiger partial charge in [0.25, 0.3) is 0 Å². The van der Waals surface area contributed by atoms with Crippen LogP contribution < -0.4 is 10.5 Å². The van der Waals surface area contributed by atoms with Crippen LogP contribution in [0, 0.1) is 12.7 Å². The molecule has 0 aliphatic heterocycles. The lowest BCUT2D eigenvalue weighted by Gasteiger charge is -2.14. The molecule has 0 aliphatic carbocycles. The fourth-order valence-corrected chi connectivity index (χ4v) is 1.79. The van der Waals surface area contributed by atoms with E-state index >= 15 is 0 Å². The largest absolute Gasteiger partial charge is 0.493 e. The van der Waals surface area contributed by atoms with Crippen molar-refractivity contribution in [2.75, 3.05) is 7.11 Å². The maximum absolute atomic E-state index is 13.6. The van der Waals surface area contributed by atoms with Crippen molar-refractivity contribution in [1.29, 1.82) is 0 Å². The molecular weight excluding hydrogens is 233 g/mol. The van der Waals surface area contributed by atoms with E-state index in [0.717, 1.165) is 5.69 Å². The maximum atomic E-state index is 13.6. The summed E-state index contributed by atoms with van der Waals surface area (Å²) < 4.78 is 20.3. The lowest BCUT2D eigenvalue weighted by molar-refractivity contribution is 0.414. The topological polar surface area (TPSA) is 53.1 Å². The minimum atomic E-state index is -0.273. The van der Waals surface area contributed by atoms with Crippen LogP contribution in [0.25, 0.3) is 5.69 Å². The molecule has 1 heterocycles. The van der Waals surface area contributed by atoms with Gasteiger partial charge in [0.15, 0.2) is 5.75 Å². The summed E-state index contributed by atoms with van der Waals surface area (Å²) in [5, 5.41) is 4.18. The Balaban J connectivity index is 2.58. The van der Waals surface area contributed by atoms with Crippen molar-refractivity contribution in [3.63, 3.8) is 0 Å². The number of methoxy groups -OCH3 is 1. The summed E-state index contributed by atoms with van der Waals surface area (Å²) in [5.74, 6) is 0.387. The van der Waals surface area contributed by atoms with Crippen LogP contribution in [-0.2, 0) is 0 Å². The minimum Gasteiger partial charge on any atom is -0.493 e. The normalized spacial score (nSPS) is 12.5. The van der Waals surface area contributed by atoms with Crippen LogP contribution in [0.4, 0.5) is 4.39 Å². The first-order valence-electron chi connectivity index (χ1n) is 5.67. The van der Waals surface area contributed by atoms with Gasteiger partial charge in [0.2, 0.25) is 0 Å². The van der Waals surface area contributed by atoms with Gasteiger partial charge in [0.05, 0.1) is 25.2 Å². The van der Waals surface area contributed by atoms with Crippen molar-refractivity contribution in [2.24, 2.45) is 5.73 Å². The summed E-state index contributed by atoms with van der Waals surface area (Å²) in [6, 6.07) is 2.93. The fraction of sp³-hybridized carbons (Fsp3) is 0.308. The Morgan fingerprint density at radius 3 is 2.72 bits per heavy atom. The van der Waals surface area contributed by atoms with Crippen molar-refractivity contribution in [3.8, 4) is 11.4 Å². The molecule has 0 saturated heterocycles. The average molecular weight is 249 g/mol. The first kappa shape index (κ1) is 12.6. The highest BCUT2D eigenvalue weighted by Crippen LogP contribution is 2.24. The Morgan fingerprint density at radius 2 is 2.17 bits per heavy atom. The third-order valence-corrected chi connectivity index (χ3v) is 2.84. The number of aromatic nitrogens is 2. The molecule has 1 atom stereocenters. The zero-order valence-corrected chi connectivity index (χ0v) is 10.6. The molecule has 1 aromatic heterocycles. The van der Waals surface area contributed by atoms with E-state index in [4.69, 9.17) is 10.5 Å². The van der Waals surface area contributed by atoms with Gasteiger partial charge in [-0.05, 0) is 37.1 Å². The van der Waals surface area contributed by atoms with Gasteiger partial charge in [0, 0.05) is 6.04 Å². The average Bonchev–Trinajstić information content (AvgIpc) is 2.80. The van der Waals surface area contributed by atoms with E-state index in [-0.39, 0.29) is 11.9 Å². The molecule has 0 spiro atoms. The molecule has 0 radical (unpaired) electrons. The molecule has 4 nitrogen and oxygen atoms in total. The van der Waals surface area contributed by atoms with Gasteiger partial charge in [-0.25, -0.2) is 9.07 Å². The molecule has 2 aromatic rings. The first-order valence-corrected chi connectivity index (χ1v) is 5.67. The van der Waals surface area contributed by atoms with E-state index in [1.165, 1.54) is 6.07 Å². The van der Waals surface area contributed by atoms with E-state index < -0.39 is 0 Å². The Hall–Kier alpha value is -1.88. The number of aryl methyl sites for hydroxylation is 1. The van der Waals surface area contributed by atoms with Crippen molar-refractivity contribution < 1.29 is 9.13 Å². The number of rotatable bonds is 3. The number of nitrogens with zero attached hydrogens (tertiary/aromatic N) is 2. The van der Waals surface area contributed by atoms with Gasteiger partial charge in [-0.2, -0.15) is 5.10 Å². The Labute approximate surface area is 105 Å². The van der Waals surface area contributed by atoms with E-state index in [0.29, 0.717) is 16.9 Å². The molecule has 0 aliphatic rings. The molecule has 2 rings (SSSR count). The third kappa shape index (κ3) is 2.22. The number of nitrogens with two attached hydrogens (primary N) is 1. The molecule has 0 amide bonds. The standard InChI is InChI=1S/C13H16FN3O/c1-8-4-13(11(9(2)15)5-12(8)14)17-7-10(18-3)6-16-17/h4-7,9H,15H2,1-3H3/t9-/m1/s1. The summed E-state index contributed by atoms with van der Waals surface area (Å²) in [5.41, 5.74) is 7.91. The second-order valence-corrected chi connectivity index (χ2v) is 4.27. The van der Waals surface area contributed by atoms with Crippen molar-refractivity contribution >= 4 is 0 Å². The summed E-state index contributed by atoms with van der Waals surface area (Å²) >= 11 is 0. The summed E-state index contributed by atoms with van der Waals surface area (Å²) in [7, 11) is 1.57. The van der Waals surface area contributed by atoms with Crippen LogP contribution in [0.1, 0.15) is 24.1 Å². The van der Waals surface area contributed by atoms with Gasteiger partial charge in [-0.3, -0.25) is 0 Å². The number of hydrogen-bond acceptors (Lipinski definition) is 3. The Morgan fingerprint density at radius 1 is 1.44 bits per heavy atom. The fourth-order valence-electron chi connectivity index (χ4n) is 1.79. The summed E-state index contributed by atoms with van der Waals surface area (Å²) in [4.78, 5) is 0. The predicted octanol–water partition coefficient (Wildman–Crippen LogP) is 2.35. The van der Waals surface area contributed by atoms with Crippen LogP contribution in [0.15, 0.2) is 24.5 Å². The van der Waals surface area contributed by atoms with Crippen LogP contribution in [0.2, 0.25) is 0 Å². The highest BCUT2D eigenvalue weighted by Gasteiger charge is 2.13. The lowest BCUT2D eigenvalue weighted by atomic mass is 10.0. The molecular formula is C13H16FN3O. The quantitative estimate of drug-likeness (QED) is 0.908. The second-order valence-electron chi connectivity index (χ2n) is 4.27. The van der Waals surface area contributed by atoms with Gasteiger partial charge >= 0.3 is 0 Å². The Kier molecular flexibility index (Phi) is 3.34. The molecule has 1 aromatic carbocycles.